The minimum Gasteiger partial charge on any atom is -0.437 e. The third-order valence-corrected chi connectivity index (χ3v) is 7.22. The van der Waals surface area contributed by atoms with Gasteiger partial charge in [0.1, 0.15) is 16.5 Å². The smallest absolute Gasteiger partial charge is 0.272 e. The molecule has 0 saturated heterocycles. The van der Waals surface area contributed by atoms with E-state index >= 15 is 0 Å². The number of hydrogen-bond acceptors (Lipinski definition) is 8. The molecule has 2 heterocycles. The number of benzene rings is 2. The number of carbonyl (C=O) groups excluding carboxylic acids is 1. The van der Waals surface area contributed by atoms with Crippen LogP contribution in [0.4, 0.5) is 10.1 Å². The second kappa shape index (κ2) is 11.6. The van der Waals surface area contributed by atoms with Crippen molar-refractivity contribution in [1.82, 2.24) is 24.8 Å². The van der Waals surface area contributed by atoms with E-state index < -0.39 is 43.3 Å². The molecule has 0 aliphatic heterocycles. The van der Waals surface area contributed by atoms with E-state index in [-0.39, 0.29) is 35.1 Å². The maximum atomic E-state index is 14.1. The molecule has 0 radical (unpaired) electrons. The molecule has 2 aromatic heterocycles. The lowest BCUT2D eigenvalue weighted by Crippen LogP contribution is -2.30. The summed E-state index contributed by atoms with van der Waals surface area (Å²) in [5, 5.41) is 18.5. The van der Waals surface area contributed by atoms with Crippen LogP contribution in [-0.4, -0.2) is 40.1 Å². The standard InChI is InChI=1S/C26H25FN6O6S/c1-16(2)31-40(37,38)23-13-21(33(35)36)9-10-22(23)39-26-17(3)24(25(34)29-15-18-6-5-11-28-14-18)30-32(26)20-8-4-7-19(27)12-20/h4-14,16,31H,15H2,1-3H3,(H,29,34). The van der Waals surface area contributed by atoms with Crippen LogP contribution in [0.5, 0.6) is 11.6 Å². The topological polar surface area (TPSA) is 158 Å². The molecule has 2 N–H and O–H groups in total. The zero-order valence-corrected chi connectivity index (χ0v) is 22.5. The number of ether oxygens (including phenoxy) is 1. The molecule has 12 nitrogen and oxygen atoms in total. The first kappa shape index (κ1) is 28.3. The molecule has 14 heteroatoms. The highest BCUT2D eigenvalue weighted by Gasteiger charge is 2.28. The fourth-order valence-corrected chi connectivity index (χ4v) is 5.15. The first-order valence-electron chi connectivity index (χ1n) is 12.0. The summed E-state index contributed by atoms with van der Waals surface area (Å²) in [6.45, 7) is 4.87. The van der Waals surface area contributed by atoms with Gasteiger partial charge in [0.25, 0.3) is 11.6 Å². The van der Waals surface area contributed by atoms with E-state index in [1.165, 1.54) is 25.1 Å². The Labute approximate surface area is 229 Å². The van der Waals surface area contributed by atoms with E-state index in [0.717, 1.165) is 34.5 Å². The van der Waals surface area contributed by atoms with Gasteiger partial charge in [-0.15, -0.1) is 0 Å². The van der Waals surface area contributed by atoms with Crippen LogP contribution < -0.4 is 14.8 Å². The molecule has 4 aromatic rings. The van der Waals surface area contributed by atoms with Gasteiger partial charge in [-0.25, -0.2) is 17.5 Å². The monoisotopic (exact) mass is 568 g/mol. The number of amides is 1. The summed E-state index contributed by atoms with van der Waals surface area (Å²) in [7, 11) is -4.27. The lowest BCUT2D eigenvalue weighted by atomic mass is 10.2. The van der Waals surface area contributed by atoms with Crippen LogP contribution in [-0.2, 0) is 16.6 Å². The number of pyridine rings is 1. The van der Waals surface area contributed by atoms with Crippen LogP contribution in [0.25, 0.3) is 5.69 Å². The number of non-ortho nitro benzene ring substituents is 1. The van der Waals surface area contributed by atoms with Gasteiger partial charge < -0.3 is 10.1 Å². The molecule has 4 rings (SSSR count). The van der Waals surface area contributed by atoms with Crippen LogP contribution in [0.3, 0.4) is 0 Å². The molecule has 0 bridgehead atoms. The Bertz CT molecular complexity index is 1670. The number of nitro benzene ring substituents is 1. The lowest BCUT2D eigenvalue weighted by Gasteiger charge is -2.15. The minimum absolute atomic E-state index is 0.0604. The van der Waals surface area contributed by atoms with Gasteiger partial charge in [0.15, 0.2) is 5.69 Å². The van der Waals surface area contributed by atoms with Crippen molar-refractivity contribution in [3.63, 3.8) is 0 Å². The summed E-state index contributed by atoms with van der Waals surface area (Å²) in [6.07, 6.45) is 3.19. The zero-order chi connectivity index (χ0) is 29.0. The first-order chi connectivity index (χ1) is 19.0. The van der Waals surface area contributed by atoms with Gasteiger partial charge >= 0.3 is 0 Å². The molecule has 0 aliphatic carbocycles. The van der Waals surface area contributed by atoms with Crippen molar-refractivity contribution in [3.05, 3.63) is 99.7 Å². The number of nitro groups is 1. The predicted octanol–water partition coefficient (Wildman–Crippen LogP) is 4.03. The third kappa shape index (κ3) is 6.30. The third-order valence-electron chi connectivity index (χ3n) is 5.54. The first-order valence-corrected chi connectivity index (χ1v) is 13.5. The molecule has 0 spiro atoms. The lowest BCUT2D eigenvalue weighted by molar-refractivity contribution is -0.385. The SMILES string of the molecule is Cc1c(C(=O)NCc2cccnc2)nn(-c2cccc(F)c2)c1Oc1ccc([N+](=O)[O-])cc1S(=O)(=O)NC(C)C. The molecule has 0 fully saturated rings. The Hall–Kier alpha value is -4.69. The molecule has 2 aromatic carbocycles. The van der Waals surface area contributed by atoms with Crippen molar-refractivity contribution in [1.29, 1.82) is 0 Å². The average Bonchev–Trinajstić information content (AvgIpc) is 3.23. The highest BCUT2D eigenvalue weighted by Crippen LogP contribution is 2.35. The quantitative estimate of drug-likeness (QED) is 0.214. The van der Waals surface area contributed by atoms with Gasteiger partial charge in [-0.3, -0.25) is 19.9 Å². The van der Waals surface area contributed by atoms with Gasteiger partial charge in [0, 0.05) is 42.7 Å². The normalized spacial score (nSPS) is 11.4. The second-order valence-corrected chi connectivity index (χ2v) is 10.7. The van der Waals surface area contributed by atoms with E-state index in [2.05, 4.69) is 20.1 Å². The molecule has 0 saturated carbocycles. The summed E-state index contributed by atoms with van der Waals surface area (Å²) < 4.78 is 49.9. The van der Waals surface area contributed by atoms with Crippen LogP contribution in [0, 0.1) is 22.9 Å². The van der Waals surface area contributed by atoms with Crippen LogP contribution in [0.15, 0.2) is 71.9 Å². The molecule has 40 heavy (non-hydrogen) atoms. The summed E-state index contributed by atoms with van der Waals surface area (Å²) in [5.41, 5.74) is 0.618. The minimum atomic E-state index is -4.27. The molecule has 0 atom stereocenters. The number of hydrogen-bond donors (Lipinski definition) is 2. The Morgan fingerprint density at radius 1 is 1.18 bits per heavy atom. The molecule has 0 unspecified atom stereocenters. The van der Waals surface area contributed by atoms with Crippen LogP contribution >= 0.6 is 0 Å². The summed E-state index contributed by atoms with van der Waals surface area (Å²) in [4.78, 5) is 27.3. The van der Waals surface area contributed by atoms with Crippen molar-refractivity contribution in [2.45, 2.75) is 38.3 Å². The van der Waals surface area contributed by atoms with Crippen molar-refractivity contribution < 1.29 is 27.3 Å². The van der Waals surface area contributed by atoms with Gasteiger partial charge in [-0.1, -0.05) is 12.1 Å². The maximum Gasteiger partial charge on any atom is 0.272 e. The molecule has 0 aliphatic rings. The molecule has 208 valence electrons. The average molecular weight is 569 g/mol. The number of halogens is 1. The Balaban J connectivity index is 1.81. The van der Waals surface area contributed by atoms with Crippen LogP contribution in [0.1, 0.15) is 35.5 Å². The van der Waals surface area contributed by atoms with E-state index in [0.29, 0.717) is 0 Å². The van der Waals surface area contributed by atoms with E-state index in [4.69, 9.17) is 4.74 Å². The van der Waals surface area contributed by atoms with Crippen molar-refractivity contribution in [2.75, 3.05) is 0 Å². The fourth-order valence-electron chi connectivity index (χ4n) is 3.75. The molecular formula is C26H25FN6O6S. The van der Waals surface area contributed by atoms with Crippen LogP contribution in [0.2, 0.25) is 0 Å². The Kier molecular flexibility index (Phi) is 8.21. The Morgan fingerprint density at radius 3 is 2.60 bits per heavy atom. The highest BCUT2D eigenvalue weighted by molar-refractivity contribution is 7.89. The van der Waals surface area contributed by atoms with Crippen molar-refractivity contribution >= 4 is 21.6 Å². The maximum absolute atomic E-state index is 14.1. The van der Waals surface area contributed by atoms with Gasteiger partial charge in [0.2, 0.25) is 15.9 Å². The highest BCUT2D eigenvalue weighted by atomic mass is 32.2. The largest absolute Gasteiger partial charge is 0.437 e. The molecule has 1 amide bonds. The molecular weight excluding hydrogens is 543 g/mol. The van der Waals surface area contributed by atoms with Gasteiger partial charge in [-0.05, 0) is 56.7 Å². The van der Waals surface area contributed by atoms with E-state index in [9.17, 15) is 27.7 Å². The Morgan fingerprint density at radius 2 is 1.95 bits per heavy atom. The number of nitrogens with zero attached hydrogens (tertiary/aromatic N) is 4. The second-order valence-electron chi connectivity index (χ2n) is 8.98. The van der Waals surface area contributed by atoms with Crippen molar-refractivity contribution in [2.24, 2.45) is 0 Å². The van der Waals surface area contributed by atoms with Crippen molar-refractivity contribution in [3.8, 4) is 17.3 Å². The zero-order valence-electron chi connectivity index (χ0n) is 21.7. The van der Waals surface area contributed by atoms with E-state index in [1.807, 2.05) is 0 Å². The van der Waals surface area contributed by atoms with Gasteiger partial charge in [-0.2, -0.15) is 9.78 Å². The fraction of sp³-hybridized carbons (Fsp3) is 0.192. The summed E-state index contributed by atoms with van der Waals surface area (Å²) in [6, 6.07) is 11.4. The number of carbonyl (C=O) groups is 1. The number of rotatable bonds is 10. The number of nitrogens with one attached hydrogen (secondary N) is 2. The van der Waals surface area contributed by atoms with Gasteiger partial charge in [0.05, 0.1) is 10.6 Å². The summed E-state index contributed by atoms with van der Waals surface area (Å²) in [5.74, 6) is -1.51. The number of sulfonamides is 1. The summed E-state index contributed by atoms with van der Waals surface area (Å²) >= 11 is 0. The number of aromatic nitrogens is 3. The predicted molar refractivity (Wildman–Crippen MR) is 142 cm³/mol. The van der Waals surface area contributed by atoms with E-state index in [1.54, 1.807) is 38.4 Å².